The molecular formula is C30H29ClO8. The molecule has 2 atom stereocenters. The highest BCUT2D eigenvalue weighted by atomic mass is 35.5. The Hall–Kier alpha value is -3.75. The molecular weight excluding hydrogens is 524 g/mol. The summed E-state index contributed by atoms with van der Waals surface area (Å²) in [5.41, 5.74) is -1.22. The number of hydrogen-bond acceptors (Lipinski definition) is 8. The number of Topliss-reactive ketones (excluding diaryl/α,β-unsaturated/α-hetero) is 2. The third-order valence-electron chi connectivity index (χ3n) is 8.27. The van der Waals surface area contributed by atoms with Crippen molar-refractivity contribution in [3.63, 3.8) is 0 Å². The van der Waals surface area contributed by atoms with Crippen LogP contribution in [0.2, 0.25) is 5.02 Å². The van der Waals surface area contributed by atoms with Gasteiger partial charge in [0.05, 0.1) is 31.9 Å². The smallest absolute Gasteiger partial charge is 0.206 e. The number of aliphatic hydroxyl groups is 1. The molecule has 39 heavy (non-hydrogen) atoms. The Kier molecular flexibility index (Phi) is 6.12. The molecule has 3 aromatic rings. The molecule has 8 nitrogen and oxygen atoms in total. The molecule has 0 fully saturated rings. The molecule has 0 aromatic heterocycles. The lowest BCUT2D eigenvalue weighted by atomic mass is 9.52. The third kappa shape index (κ3) is 3.54. The van der Waals surface area contributed by atoms with E-state index in [1.807, 2.05) is 6.92 Å². The molecule has 9 heteroatoms. The van der Waals surface area contributed by atoms with E-state index in [4.69, 9.17) is 25.8 Å². The summed E-state index contributed by atoms with van der Waals surface area (Å²) in [5.74, 6) is -2.17. The van der Waals surface area contributed by atoms with Crippen LogP contribution < -0.4 is 14.2 Å². The summed E-state index contributed by atoms with van der Waals surface area (Å²) in [6.07, 6.45) is 0.0483. The van der Waals surface area contributed by atoms with Gasteiger partial charge < -0.3 is 29.5 Å². The average molecular weight is 553 g/mol. The number of ketones is 2. The summed E-state index contributed by atoms with van der Waals surface area (Å²) >= 11 is 6.79. The van der Waals surface area contributed by atoms with Crippen LogP contribution >= 0.6 is 11.6 Å². The van der Waals surface area contributed by atoms with E-state index < -0.39 is 34.2 Å². The number of phenols is 2. The Labute approximate surface area is 230 Å². The Morgan fingerprint density at radius 3 is 2.13 bits per heavy atom. The van der Waals surface area contributed by atoms with E-state index in [-0.39, 0.29) is 28.3 Å². The molecule has 2 aliphatic rings. The summed E-state index contributed by atoms with van der Waals surface area (Å²) in [6, 6.07) is 7.47. The summed E-state index contributed by atoms with van der Waals surface area (Å²) in [7, 11) is 4.49. The van der Waals surface area contributed by atoms with E-state index in [1.54, 1.807) is 32.0 Å². The fourth-order valence-corrected chi connectivity index (χ4v) is 6.61. The second kappa shape index (κ2) is 8.89. The maximum Gasteiger partial charge on any atom is 0.206 e. The van der Waals surface area contributed by atoms with E-state index >= 15 is 0 Å². The SMILES string of the molecule is COc1cc(C)c(-c2cc(OC)c(Cl)c3c2C(=O)C2(O)C(=O)c4c(O)cc(O)cc4C(C)(C)C2C3)c(OC)c1. The van der Waals surface area contributed by atoms with Crippen molar-refractivity contribution in [3.8, 4) is 39.9 Å². The van der Waals surface area contributed by atoms with E-state index in [0.717, 1.165) is 6.07 Å². The standard InChI is InChI=1S/C30H29ClO8/c1-13-7-15(37-4)10-20(38-5)23(13)16-11-21(39-6)26(31)17-12-22-29(2,3)18-8-14(32)9-19(33)25(18)28(35)30(22,36)27(34)24(16)17/h7-11,22,32-33,36H,12H2,1-6H3. The van der Waals surface area contributed by atoms with Gasteiger partial charge in [0.2, 0.25) is 11.6 Å². The van der Waals surface area contributed by atoms with Crippen LogP contribution in [0.1, 0.15) is 51.3 Å². The number of aryl methyl sites for hydroxylation is 1. The number of phenolic OH excluding ortho intramolecular Hbond substituents is 2. The first-order valence-electron chi connectivity index (χ1n) is 12.3. The van der Waals surface area contributed by atoms with Crippen LogP contribution in [-0.4, -0.2) is 53.8 Å². The molecule has 0 aliphatic heterocycles. The highest BCUT2D eigenvalue weighted by Gasteiger charge is 2.64. The number of benzene rings is 3. The highest BCUT2D eigenvalue weighted by molar-refractivity contribution is 6.35. The molecule has 0 saturated carbocycles. The van der Waals surface area contributed by atoms with E-state index in [1.165, 1.54) is 27.4 Å². The van der Waals surface area contributed by atoms with Gasteiger partial charge in [-0.1, -0.05) is 25.4 Å². The summed E-state index contributed by atoms with van der Waals surface area (Å²) < 4.78 is 16.6. The number of hydrogen-bond donors (Lipinski definition) is 3. The van der Waals surface area contributed by atoms with Gasteiger partial charge in [0, 0.05) is 34.7 Å². The monoisotopic (exact) mass is 552 g/mol. The fourth-order valence-electron chi connectivity index (χ4n) is 6.31. The molecule has 5 rings (SSSR count). The lowest BCUT2D eigenvalue weighted by Crippen LogP contribution is -2.64. The van der Waals surface area contributed by atoms with Crippen LogP contribution in [0.3, 0.4) is 0 Å². The van der Waals surface area contributed by atoms with Crippen LogP contribution in [0, 0.1) is 12.8 Å². The predicted octanol–water partition coefficient (Wildman–Crippen LogP) is 5.01. The molecule has 0 heterocycles. The molecule has 0 saturated heterocycles. The van der Waals surface area contributed by atoms with Crippen molar-refractivity contribution in [2.75, 3.05) is 21.3 Å². The minimum absolute atomic E-state index is 0.0483. The molecule has 2 unspecified atom stereocenters. The van der Waals surface area contributed by atoms with Crippen molar-refractivity contribution in [1.82, 2.24) is 0 Å². The average Bonchev–Trinajstić information content (AvgIpc) is 2.89. The quantitative estimate of drug-likeness (QED) is 0.386. The zero-order valence-electron chi connectivity index (χ0n) is 22.4. The molecule has 2 aliphatic carbocycles. The van der Waals surface area contributed by atoms with Crippen LogP contribution in [0.15, 0.2) is 30.3 Å². The van der Waals surface area contributed by atoms with Crippen molar-refractivity contribution in [2.45, 2.75) is 38.2 Å². The topological polar surface area (TPSA) is 123 Å². The summed E-state index contributed by atoms with van der Waals surface area (Å²) in [5, 5.41) is 33.2. The number of methoxy groups -OCH3 is 3. The van der Waals surface area contributed by atoms with Crippen molar-refractivity contribution < 1.29 is 39.1 Å². The van der Waals surface area contributed by atoms with Gasteiger partial charge in [0.15, 0.2) is 5.60 Å². The zero-order chi connectivity index (χ0) is 28.6. The Morgan fingerprint density at radius 1 is 0.872 bits per heavy atom. The maximum absolute atomic E-state index is 14.5. The van der Waals surface area contributed by atoms with Gasteiger partial charge in [-0.2, -0.15) is 0 Å². The van der Waals surface area contributed by atoms with Crippen LogP contribution in [-0.2, 0) is 11.8 Å². The second-order valence-electron chi connectivity index (χ2n) is 10.6. The van der Waals surface area contributed by atoms with Gasteiger partial charge in [-0.3, -0.25) is 9.59 Å². The van der Waals surface area contributed by atoms with Gasteiger partial charge in [-0.25, -0.2) is 0 Å². The molecule has 3 aromatic carbocycles. The van der Waals surface area contributed by atoms with Gasteiger partial charge >= 0.3 is 0 Å². The van der Waals surface area contributed by atoms with Crippen LogP contribution in [0.25, 0.3) is 11.1 Å². The molecule has 3 N–H and O–H groups in total. The van der Waals surface area contributed by atoms with Crippen LogP contribution in [0.5, 0.6) is 28.7 Å². The van der Waals surface area contributed by atoms with Crippen molar-refractivity contribution in [2.24, 2.45) is 5.92 Å². The van der Waals surface area contributed by atoms with Gasteiger partial charge in [-0.15, -0.1) is 0 Å². The number of aromatic hydroxyl groups is 2. The van der Waals surface area contributed by atoms with Gasteiger partial charge in [0.1, 0.15) is 28.7 Å². The summed E-state index contributed by atoms with van der Waals surface area (Å²) in [4.78, 5) is 28.4. The number of halogens is 1. The number of rotatable bonds is 4. The highest BCUT2D eigenvalue weighted by Crippen LogP contribution is 2.56. The lowest BCUT2D eigenvalue weighted by Gasteiger charge is -2.51. The molecule has 0 bridgehead atoms. The largest absolute Gasteiger partial charge is 0.508 e. The van der Waals surface area contributed by atoms with Gasteiger partial charge in [-0.05, 0) is 53.6 Å². The van der Waals surface area contributed by atoms with Crippen LogP contribution in [0.4, 0.5) is 0 Å². The molecule has 0 radical (unpaired) electrons. The number of carbonyl (C=O) groups excluding carboxylic acids is 2. The van der Waals surface area contributed by atoms with Gasteiger partial charge in [0.25, 0.3) is 0 Å². The Morgan fingerprint density at radius 2 is 1.51 bits per heavy atom. The lowest BCUT2D eigenvalue weighted by molar-refractivity contribution is -0.0202. The number of carbonyl (C=O) groups is 2. The maximum atomic E-state index is 14.5. The minimum Gasteiger partial charge on any atom is -0.508 e. The molecule has 204 valence electrons. The Bertz CT molecular complexity index is 1570. The van der Waals surface area contributed by atoms with Crippen molar-refractivity contribution in [1.29, 1.82) is 0 Å². The van der Waals surface area contributed by atoms with E-state index in [9.17, 15) is 24.9 Å². The third-order valence-corrected chi connectivity index (χ3v) is 8.69. The van der Waals surface area contributed by atoms with Crippen molar-refractivity contribution >= 4 is 23.2 Å². The zero-order valence-corrected chi connectivity index (χ0v) is 23.2. The molecule has 0 spiro atoms. The fraction of sp³-hybridized carbons (Fsp3) is 0.333. The van der Waals surface area contributed by atoms with E-state index in [2.05, 4.69) is 0 Å². The Balaban J connectivity index is 1.86. The number of ether oxygens (including phenoxy) is 3. The van der Waals surface area contributed by atoms with Crippen molar-refractivity contribution in [3.05, 3.63) is 63.2 Å². The first-order valence-corrected chi connectivity index (χ1v) is 12.7. The first kappa shape index (κ1) is 26.8. The normalized spacial score (nSPS) is 21.1. The summed E-state index contributed by atoms with van der Waals surface area (Å²) in [6.45, 7) is 5.35. The first-order chi connectivity index (χ1) is 18.3. The predicted molar refractivity (Wildman–Crippen MR) is 145 cm³/mol. The minimum atomic E-state index is -2.50. The van der Waals surface area contributed by atoms with E-state index in [0.29, 0.717) is 45.1 Å². The number of fused-ring (bicyclic) bond motifs is 3. The molecule has 0 amide bonds. The second-order valence-corrected chi connectivity index (χ2v) is 11.0.